The predicted molar refractivity (Wildman–Crippen MR) is 170 cm³/mol. The Balaban J connectivity index is 1.30. The molecule has 5 aromatic carbocycles. The summed E-state index contributed by atoms with van der Waals surface area (Å²) >= 11 is 0. The van der Waals surface area contributed by atoms with E-state index in [1.54, 1.807) is 42.5 Å². The van der Waals surface area contributed by atoms with Gasteiger partial charge in [-0.3, -0.25) is 9.52 Å². The molecule has 5 rings (SSSR count). The molecule has 0 radical (unpaired) electrons. The summed E-state index contributed by atoms with van der Waals surface area (Å²) in [5, 5.41) is 5.79. The lowest BCUT2D eigenvalue weighted by molar-refractivity contribution is 0.0734. The number of fused-ring (bicyclic) bond motifs is 1. The van der Waals surface area contributed by atoms with Crippen LogP contribution in [0.2, 0.25) is 0 Å². The number of anilines is 1. The van der Waals surface area contributed by atoms with Crippen LogP contribution in [0.3, 0.4) is 0 Å². The maximum absolute atomic E-state index is 12.9. The second-order valence-electron chi connectivity index (χ2n) is 9.74. The number of hydrogen-bond acceptors (Lipinski definition) is 7. The summed E-state index contributed by atoms with van der Waals surface area (Å²) in [4.78, 5) is 25.9. The first-order chi connectivity index (χ1) is 21.2. The summed E-state index contributed by atoms with van der Waals surface area (Å²) < 4.78 is 39.0. The molecule has 0 saturated carbocycles. The fourth-order valence-corrected chi connectivity index (χ4v) is 5.41. The molecule has 10 heteroatoms. The number of aryl methyl sites for hydroxylation is 1. The number of nitrogens with zero attached hydrogens (tertiary/aromatic N) is 1. The Morgan fingerprint density at radius 3 is 2.20 bits per heavy atom. The van der Waals surface area contributed by atoms with Crippen molar-refractivity contribution in [1.82, 2.24) is 5.43 Å². The highest BCUT2D eigenvalue weighted by atomic mass is 32.2. The van der Waals surface area contributed by atoms with E-state index in [-0.39, 0.29) is 16.2 Å². The van der Waals surface area contributed by atoms with Gasteiger partial charge in [-0.25, -0.2) is 18.6 Å². The number of ether oxygens (including phenoxy) is 2. The summed E-state index contributed by atoms with van der Waals surface area (Å²) in [6.45, 7) is 4.27. The number of carbonyl (C=O) groups is 2. The molecule has 0 atom stereocenters. The molecule has 222 valence electrons. The Labute approximate surface area is 255 Å². The van der Waals surface area contributed by atoms with Gasteiger partial charge in [-0.15, -0.1) is 0 Å². The smallest absolute Gasteiger partial charge is 0.343 e. The van der Waals surface area contributed by atoms with Crippen LogP contribution in [0.1, 0.15) is 38.8 Å². The molecule has 0 unspecified atom stereocenters. The number of sulfonamides is 1. The molecule has 0 spiro atoms. The lowest BCUT2D eigenvalue weighted by Crippen LogP contribution is -2.18. The van der Waals surface area contributed by atoms with Crippen LogP contribution in [0.5, 0.6) is 11.5 Å². The third kappa shape index (κ3) is 7.11. The number of hydrogen-bond donors (Lipinski definition) is 2. The van der Waals surface area contributed by atoms with Gasteiger partial charge in [0.05, 0.1) is 23.3 Å². The fraction of sp³-hybridized carbons (Fsp3) is 0.0882. The van der Waals surface area contributed by atoms with Gasteiger partial charge in [-0.1, -0.05) is 48.0 Å². The number of benzene rings is 5. The molecule has 0 aromatic heterocycles. The molecule has 0 fully saturated rings. The maximum Gasteiger partial charge on any atom is 0.343 e. The van der Waals surface area contributed by atoms with Crippen molar-refractivity contribution in [2.45, 2.75) is 18.7 Å². The Hall–Kier alpha value is -5.48. The highest BCUT2D eigenvalue weighted by Crippen LogP contribution is 2.28. The van der Waals surface area contributed by atoms with Crippen LogP contribution >= 0.6 is 0 Å². The minimum atomic E-state index is -3.78. The fourth-order valence-electron chi connectivity index (χ4n) is 4.35. The molecular weight excluding hydrogens is 578 g/mol. The number of carbonyl (C=O) groups excluding carboxylic acids is 2. The number of nitrogens with one attached hydrogen (secondary N) is 2. The lowest BCUT2D eigenvalue weighted by Gasteiger charge is -2.11. The number of esters is 1. The topological polar surface area (TPSA) is 123 Å². The van der Waals surface area contributed by atoms with Crippen molar-refractivity contribution < 1.29 is 27.5 Å². The van der Waals surface area contributed by atoms with Crippen molar-refractivity contribution >= 4 is 44.6 Å². The summed E-state index contributed by atoms with van der Waals surface area (Å²) in [7, 11) is -3.78. The van der Waals surface area contributed by atoms with Crippen molar-refractivity contribution in [3.8, 4) is 11.5 Å². The van der Waals surface area contributed by atoms with E-state index >= 15 is 0 Å². The average Bonchev–Trinajstić information content (AvgIpc) is 3.02. The molecule has 0 saturated heterocycles. The van der Waals surface area contributed by atoms with Crippen molar-refractivity contribution in [3.63, 3.8) is 0 Å². The number of rotatable bonds is 10. The van der Waals surface area contributed by atoms with Gasteiger partial charge in [0, 0.05) is 16.8 Å². The van der Waals surface area contributed by atoms with Crippen LogP contribution in [0.15, 0.2) is 119 Å². The van der Waals surface area contributed by atoms with Crippen LogP contribution in [-0.4, -0.2) is 33.1 Å². The quantitative estimate of drug-likeness (QED) is 0.0828. The Kier molecular flexibility index (Phi) is 9.01. The highest BCUT2D eigenvalue weighted by Gasteiger charge is 2.16. The number of amides is 1. The van der Waals surface area contributed by atoms with E-state index in [4.69, 9.17) is 9.47 Å². The maximum atomic E-state index is 12.9. The molecular formula is C34H29N3O6S. The van der Waals surface area contributed by atoms with Gasteiger partial charge in [0.25, 0.3) is 15.9 Å². The van der Waals surface area contributed by atoms with Crippen LogP contribution in [-0.2, 0) is 10.0 Å². The van der Waals surface area contributed by atoms with Crippen molar-refractivity contribution in [3.05, 3.63) is 131 Å². The molecule has 44 heavy (non-hydrogen) atoms. The normalized spacial score (nSPS) is 11.3. The first kappa shape index (κ1) is 30.0. The van der Waals surface area contributed by atoms with Gasteiger partial charge in [-0.05, 0) is 91.3 Å². The largest absolute Gasteiger partial charge is 0.494 e. The van der Waals surface area contributed by atoms with Gasteiger partial charge in [0.15, 0.2) is 0 Å². The van der Waals surface area contributed by atoms with Crippen LogP contribution in [0, 0.1) is 6.92 Å². The molecule has 0 aliphatic rings. The minimum Gasteiger partial charge on any atom is -0.494 e. The van der Waals surface area contributed by atoms with Gasteiger partial charge in [-0.2, -0.15) is 5.10 Å². The van der Waals surface area contributed by atoms with Crippen molar-refractivity contribution in [1.29, 1.82) is 0 Å². The SMILES string of the molecule is CCOc1ccc(C(=O)Oc2ccc3ccccc3c2C=NNC(=O)c2ccc(NS(=O)(=O)c3ccc(C)cc3)cc2)cc1. The molecule has 0 heterocycles. The number of hydrazone groups is 1. The van der Waals surface area contributed by atoms with Crippen molar-refractivity contribution in [2.24, 2.45) is 5.10 Å². The minimum absolute atomic E-state index is 0.136. The average molecular weight is 608 g/mol. The van der Waals surface area contributed by atoms with Gasteiger partial charge < -0.3 is 9.47 Å². The molecule has 1 amide bonds. The van der Waals surface area contributed by atoms with Crippen LogP contribution < -0.4 is 19.6 Å². The van der Waals surface area contributed by atoms with E-state index in [0.29, 0.717) is 29.2 Å². The van der Waals surface area contributed by atoms with E-state index in [1.165, 1.54) is 42.6 Å². The van der Waals surface area contributed by atoms with Crippen LogP contribution in [0.25, 0.3) is 10.8 Å². The van der Waals surface area contributed by atoms with E-state index < -0.39 is 21.9 Å². The molecule has 0 aliphatic carbocycles. The molecule has 0 aliphatic heterocycles. The Morgan fingerprint density at radius 2 is 1.50 bits per heavy atom. The monoisotopic (exact) mass is 607 g/mol. The lowest BCUT2D eigenvalue weighted by atomic mass is 10.0. The first-order valence-electron chi connectivity index (χ1n) is 13.7. The summed E-state index contributed by atoms with van der Waals surface area (Å²) in [5.74, 6) is -0.148. The zero-order chi connectivity index (χ0) is 31.1. The van der Waals surface area contributed by atoms with E-state index in [1.807, 2.05) is 44.2 Å². The zero-order valence-corrected chi connectivity index (χ0v) is 24.8. The molecule has 2 N–H and O–H groups in total. The van der Waals surface area contributed by atoms with Crippen LogP contribution in [0.4, 0.5) is 5.69 Å². The molecule has 9 nitrogen and oxygen atoms in total. The first-order valence-corrected chi connectivity index (χ1v) is 15.2. The molecule has 0 bridgehead atoms. The van der Waals surface area contributed by atoms with Crippen molar-refractivity contribution in [2.75, 3.05) is 11.3 Å². The standard InChI is InChI=1S/C34H29N3O6S/c1-3-42-28-17-12-26(13-18-28)34(39)43-32-21-14-24-6-4-5-7-30(24)31(32)22-35-36-33(38)25-10-15-27(16-11-25)37-44(40,41)29-19-8-23(2)9-20-29/h4-22,37H,3H2,1-2H3,(H,36,38). The second-order valence-corrected chi connectivity index (χ2v) is 11.4. The predicted octanol–water partition coefficient (Wildman–Crippen LogP) is 6.33. The Bertz CT molecular complexity index is 1940. The third-order valence-electron chi connectivity index (χ3n) is 6.62. The van der Waals surface area contributed by atoms with Gasteiger partial charge in [0.2, 0.25) is 0 Å². The Morgan fingerprint density at radius 1 is 0.818 bits per heavy atom. The summed E-state index contributed by atoms with van der Waals surface area (Å²) in [6, 6.07) is 30.1. The zero-order valence-electron chi connectivity index (χ0n) is 24.0. The summed E-state index contributed by atoms with van der Waals surface area (Å²) in [5.41, 5.74) is 4.85. The third-order valence-corrected chi connectivity index (χ3v) is 8.02. The molecule has 5 aromatic rings. The van der Waals surface area contributed by atoms with E-state index in [9.17, 15) is 18.0 Å². The van der Waals surface area contributed by atoms with Gasteiger partial charge >= 0.3 is 5.97 Å². The van der Waals surface area contributed by atoms with E-state index in [2.05, 4.69) is 15.2 Å². The highest BCUT2D eigenvalue weighted by molar-refractivity contribution is 7.92. The second kappa shape index (κ2) is 13.2. The van der Waals surface area contributed by atoms with E-state index in [0.717, 1.165) is 16.3 Å². The van der Waals surface area contributed by atoms with Gasteiger partial charge in [0.1, 0.15) is 11.5 Å². The summed E-state index contributed by atoms with van der Waals surface area (Å²) in [6.07, 6.45) is 1.42.